The summed E-state index contributed by atoms with van der Waals surface area (Å²) in [4.78, 5) is 32.1. The molecule has 2 heterocycles. The predicted molar refractivity (Wildman–Crippen MR) is 115 cm³/mol. The smallest absolute Gasteiger partial charge is 0.228 e. The first-order valence-corrected chi connectivity index (χ1v) is 10.2. The van der Waals surface area contributed by atoms with Crippen LogP contribution < -0.4 is 0 Å². The first-order valence-electron chi connectivity index (χ1n) is 9.83. The molecule has 1 atom stereocenters. The van der Waals surface area contributed by atoms with Gasteiger partial charge in [-0.25, -0.2) is 0 Å². The van der Waals surface area contributed by atoms with Crippen LogP contribution in [0.25, 0.3) is 10.9 Å². The van der Waals surface area contributed by atoms with Crippen LogP contribution >= 0.6 is 11.6 Å². The quantitative estimate of drug-likeness (QED) is 0.671. The van der Waals surface area contributed by atoms with Crippen LogP contribution in [0.5, 0.6) is 0 Å². The lowest BCUT2D eigenvalue weighted by molar-refractivity contribution is -0.135. The molecule has 2 amide bonds. The molecule has 1 aliphatic heterocycles. The molecule has 4 rings (SSSR count). The number of halogens is 1. The minimum atomic E-state index is -0.270. The zero-order chi connectivity index (χ0) is 20.4. The van der Waals surface area contributed by atoms with Crippen molar-refractivity contribution in [3.05, 3.63) is 70.9 Å². The van der Waals surface area contributed by atoms with E-state index < -0.39 is 0 Å². The Morgan fingerprint density at radius 1 is 1.24 bits per heavy atom. The molecular weight excluding hydrogens is 386 g/mol. The minimum absolute atomic E-state index is 0.0311. The lowest BCUT2D eigenvalue weighted by Gasteiger charge is -2.21. The highest BCUT2D eigenvalue weighted by Crippen LogP contribution is 2.25. The van der Waals surface area contributed by atoms with Crippen LogP contribution in [0.3, 0.4) is 0 Å². The lowest BCUT2D eigenvalue weighted by atomic mass is 10.1. The fourth-order valence-corrected chi connectivity index (χ4v) is 4.19. The third kappa shape index (κ3) is 4.30. The molecule has 0 spiro atoms. The Labute approximate surface area is 175 Å². The number of carbonyl (C=O) groups excluding carboxylic acids is 2. The SMILES string of the molecule is CN(Cc1ccccc1)C(=O)[C@@H]1CC(=O)N(CCc2c[nH]c3ccc(Cl)cc23)C1. The first kappa shape index (κ1) is 19.5. The number of hydrogen-bond donors (Lipinski definition) is 1. The third-order valence-electron chi connectivity index (χ3n) is 5.58. The second-order valence-electron chi connectivity index (χ2n) is 7.67. The van der Waals surface area contributed by atoms with Gasteiger partial charge >= 0.3 is 0 Å². The van der Waals surface area contributed by atoms with Gasteiger partial charge in [-0.3, -0.25) is 9.59 Å². The molecule has 29 heavy (non-hydrogen) atoms. The van der Waals surface area contributed by atoms with E-state index in [4.69, 9.17) is 11.6 Å². The summed E-state index contributed by atoms with van der Waals surface area (Å²) in [6.45, 7) is 1.64. The number of amides is 2. The van der Waals surface area contributed by atoms with Gasteiger partial charge in [0, 0.05) is 55.2 Å². The van der Waals surface area contributed by atoms with Gasteiger partial charge in [0.2, 0.25) is 11.8 Å². The van der Waals surface area contributed by atoms with Crippen molar-refractivity contribution in [3.63, 3.8) is 0 Å². The Balaban J connectivity index is 1.36. The van der Waals surface area contributed by atoms with Crippen LogP contribution in [0, 0.1) is 5.92 Å². The van der Waals surface area contributed by atoms with Gasteiger partial charge < -0.3 is 14.8 Å². The Morgan fingerprint density at radius 3 is 2.83 bits per heavy atom. The Bertz CT molecular complexity index is 1030. The van der Waals surface area contributed by atoms with Crippen molar-refractivity contribution in [2.75, 3.05) is 20.1 Å². The van der Waals surface area contributed by atoms with E-state index in [1.165, 1.54) is 0 Å². The van der Waals surface area contributed by atoms with Crippen molar-refractivity contribution in [1.82, 2.24) is 14.8 Å². The number of nitrogens with one attached hydrogen (secondary N) is 1. The maximum Gasteiger partial charge on any atom is 0.228 e. The second-order valence-corrected chi connectivity index (χ2v) is 8.11. The lowest BCUT2D eigenvalue weighted by Crippen LogP contribution is -2.34. The summed E-state index contributed by atoms with van der Waals surface area (Å²) in [7, 11) is 1.80. The van der Waals surface area contributed by atoms with Crippen LogP contribution in [0.2, 0.25) is 5.02 Å². The van der Waals surface area contributed by atoms with Gasteiger partial charge in [0.1, 0.15) is 0 Å². The van der Waals surface area contributed by atoms with E-state index in [-0.39, 0.29) is 24.2 Å². The van der Waals surface area contributed by atoms with E-state index in [0.29, 0.717) is 24.7 Å². The molecule has 2 aromatic carbocycles. The maximum atomic E-state index is 12.8. The van der Waals surface area contributed by atoms with Crippen molar-refractivity contribution in [2.24, 2.45) is 5.92 Å². The Kier molecular flexibility index (Phi) is 5.58. The number of hydrogen-bond acceptors (Lipinski definition) is 2. The third-order valence-corrected chi connectivity index (χ3v) is 5.82. The highest BCUT2D eigenvalue weighted by Gasteiger charge is 2.35. The number of carbonyl (C=O) groups is 2. The fourth-order valence-electron chi connectivity index (χ4n) is 4.01. The van der Waals surface area contributed by atoms with Gasteiger partial charge in [-0.15, -0.1) is 0 Å². The second kappa shape index (κ2) is 8.29. The van der Waals surface area contributed by atoms with Crippen molar-refractivity contribution >= 4 is 34.3 Å². The molecule has 1 saturated heterocycles. The molecule has 1 fully saturated rings. The van der Waals surface area contributed by atoms with Gasteiger partial charge in [0.15, 0.2) is 0 Å². The van der Waals surface area contributed by atoms with Crippen LogP contribution in [-0.2, 0) is 22.6 Å². The zero-order valence-electron chi connectivity index (χ0n) is 16.4. The van der Waals surface area contributed by atoms with E-state index in [1.807, 2.05) is 59.6 Å². The molecule has 5 nitrogen and oxygen atoms in total. The maximum absolute atomic E-state index is 12.8. The number of likely N-dealkylation sites (tertiary alicyclic amines) is 1. The zero-order valence-corrected chi connectivity index (χ0v) is 17.2. The number of benzene rings is 2. The molecule has 150 valence electrons. The molecule has 1 N–H and O–H groups in total. The minimum Gasteiger partial charge on any atom is -0.361 e. The van der Waals surface area contributed by atoms with E-state index in [2.05, 4.69) is 4.98 Å². The van der Waals surface area contributed by atoms with E-state index >= 15 is 0 Å². The van der Waals surface area contributed by atoms with Gasteiger partial charge in [-0.1, -0.05) is 41.9 Å². The normalized spacial score (nSPS) is 16.6. The van der Waals surface area contributed by atoms with Crippen LogP contribution in [-0.4, -0.2) is 46.7 Å². The van der Waals surface area contributed by atoms with Crippen LogP contribution in [0.4, 0.5) is 0 Å². The number of nitrogens with zero attached hydrogens (tertiary/aromatic N) is 2. The molecule has 0 aliphatic carbocycles. The molecule has 0 radical (unpaired) electrons. The summed E-state index contributed by atoms with van der Waals surface area (Å²) in [5.41, 5.74) is 3.25. The Morgan fingerprint density at radius 2 is 2.03 bits per heavy atom. The monoisotopic (exact) mass is 409 g/mol. The summed E-state index contributed by atoms with van der Waals surface area (Å²) in [6.07, 6.45) is 2.99. The van der Waals surface area contributed by atoms with Gasteiger partial charge in [0.25, 0.3) is 0 Å². The van der Waals surface area contributed by atoms with E-state index in [0.717, 1.165) is 28.5 Å². The summed E-state index contributed by atoms with van der Waals surface area (Å²) < 4.78 is 0. The average molecular weight is 410 g/mol. The topological polar surface area (TPSA) is 56.4 Å². The Hall–Kier alpha value is -2.79. The molecule has 6 heteroatoms. The number of aromatic nitrogens is 1. The summed E-state index contributed by atoms with van der Waals surface area (Å²) in [5, 5.41) is 1.78. The van der Waals surface area contributed by atoms with Crippen molar-refractivity contribution in [2.45, 2.75) is 19.4 Å². The molecule has 1 aromatic heterocycles. The number of H-pyrrole nitrogens is 1. The summed E-state index contributed by atoms with van der Waals surface area (Å²) >= 11 is 6.12. The van der Waals surface area contributed by atoms with Gasteiger partial charge in [0.05, 0.1) is 5.92 Å². The molecular formula is C23H24ClN3O2. The van der Waals surface area contributed by atoms with Crippen LogP contribution in [0.1, 0.15) is 17.5 Å². The molecule has 1 aliphatic rings. The van der Waals surface area contributed by atoms with Gasteiger partial charge in [-0.05, 0) is 35.7 Å². The highest BCUT2D eigenvalue weighted by molar-refractivity contribution is 6.31. The predicted octanol–water partition coefficient (Wildman–Crippen LogP) is 3.87. The number of fused-ring (bicyclic) bond motifs is 1. The molecule has 0 unspecified atom stereocenters. The average Bonchev–Trinajstić information content (AvgIpc) is 3.29. The number of aromatic amines is 1. The van der Waals surface area contributed by atoms with Gasteiger partial charge in [-0.2, -0.15) is 0 Å². The molecule has 3 aromatic rings. The number of rotatable bonds is 6. The fraction of sp³-hybridized carbons (Fsp3) is 0.304. The van der Waals surface area contributed by atoms with E-state index in [1.54, 1.807) is 11.9 Å². The standard InChI is InChI=1S/C23H24ClN3O2/c1-26(14-16-5-3-2-4-6-16)23(29)18-11-22(28)27(15-18)10-9-17-13-25-21-8-7-19(24)12-20(17)21/h2-8,12-13,18,25H,9-11,14-15H2,1H3/t18-/m1/s1. The van der Waals surface area contributed by atoms with Crippen molar-refractivity contribution < 1.29 is 9.59 Å². The summed E-state index contributed by atoms with van der Waals surface area (Å²) in [5.74, 6) is -0.188. The first-order chi connectivity index (χ1) is 14.0. The highest BCUT2D eigenvalue weighted by atomic mass is 35.5. The summed E-state index contributed by atoms with van der Waals surface area (Å²) in [6, 6.07) is 15.7. The largest absolute Gasteiger partial charge is 0.361 e. The van der Waals surface area contributed by atoms with Crippen LogP contribution in [0.15, 0.2) is 54.7 Å². The molecule has 0 bridgehead atoms. The molecule has 0 saturated carbocycles. The van der Waals surface area contributed by atoms with Crippen molar-refractivity contribution in [1.29, 1.82) is 0 Å². The van der Waals surface area contributed by atoms with E-state index in [9.17, 15) is 9.59 Å². The van der Waals surface area contributed by atoms with Crippen molar-refractivity contribution in [3.8, 4) is 0 Å².